The first-order chi connectivity index (χ1) is 16.4. The Bertz CT molecular complexity index is 1090. The zero-order chi connectivity index (χ0) is 24.2. The number of nitrogens with zero attached hydrogens (tertiary/aromatic N) is 2. The van der Waals surface area contributed by atoms with Gasteiger partial charge in [-0.2, -0.15) is 0 Å². The lowest BCUT2D eigenvalue weighted by atomic mass is 9.88. The molecule has 3 amide bonds. The lowest BCUT2D eigenvalue weighted by Crippen LogP contribution is -2.52. The summed E-state index contributed by atoms with van der Waals surface area (Å²) in [4.78, 5) is 50.2. The second kappa shape index (κ2) is 10.2. The number of hydrogen-bond donors (Lipinski definition) is 2. The fourth-order valence-corrected chi connectivity index (χ4v) is 4.76. The van der Waals surface area contributed by atoms with Gasteiger partial charge in [-0.3, -0.25) is 24.5 Å². The minimum Gasteiger partial charge on any atom is -0.399 e. The Labute approximate surface area is 199 Å². The Morgan fingerprint density at radius 3 is 2.35 bits per heavy atom. The Morgan fingerprint density at radius 1 is 1.00 bits per heavy atom. The summed E-state index contributed by atoms with van der Waals surface area (Å²) >= 11 is 0. The number of likely N-dealkylation sites (tertiary alicyclic amines) is 1. The minimum absolute atomic E-state index is 0.0978. The Morgan fingerprint density at radius 2 is 1.71 bits per heavy atom. The number of hydrogen-bond acceptors (Lipinski definition) is 6. The number of aldehydes is 1. The molecule has 3 N–H and O–H groups in total. The highest BCUT2D eigenvalue weighted by atomic mass is 16.2. The topological polar surface area (TPSA) is 113 Å². The van der Waals surface area contributed by atoms with Crippen molar-refractivity contribution in [3.63, 3.8) is 0 Å². The van der Waals surface area contributed by atoms with E-state index in [0.29, 0.717) is 35.7 Å². The molecule has 2 aromatic rings. The summed E-state index contributed by atoms with van der Waals surface area (Å²) in [6.07, 6.45) is 3.77. The number of benzene rings is 2. The molecule has 0 radical (unpaired) electrons. The summed E-state index contributed by atoms with van der Waals surface area (Å²) in [7, 11) is 2.15. The molecule has 0 aromatic heterocycles. The molecule has 0 spiro atoms. The molecule has 3 heterocycles. The Hall–Kier alpha value is -3.52. The number of nitrogen functional groups attached to an aromatic ring is 1. The highest BCUT2D eigenvalue weighted by Gasteiger charge is 2.39. The fourth-order valence-electron chi connectivity index (χ4n) is 4.76. The van der Waals surface area contributed by atoms with Gasteiger partial charge in [0.25, 0.3) is 5.91 Å². The number of rotatable bonds is 3. The molecule has 2 aromatic carbocycles. The van der Waals surface area contributed by atoms with Crippen LogP contribution in [-0.2, 0) is 16.1 Å². The largest absolute Gasteiger partial charge is 0.399 e. The van der Waals surface area contributed by atoms with E-state index in [-0.39, 0.29) is 24.1 Å². The van der Waals surface area contributed by atoms with Crippen LogP contribution in [-0.4, -0.2) is 60.0 Å². The Balaban J connectivity index is 0.000000257. The van der Waals surface area contributed by atoms with Gasteiger partial charge < -0.3 is 15.5 Å². The summed E-state index contributed by atoms with van der Waals surface area (Å²) in [5.41, 5.74) is 9.70. The molecule has 2 fully saturated rings. The van der Waals surface area contributed by atoms with E-state index in [0.717, 1.165) is 37.8 Å². The average Bonchev–Trinajstić information content (AvgIpc) is 3.16. The molecule has 3 aliphatic rings. The van der Waals surface area contributed by atoms with Crippen molar-refractivity contribution >= 4 is 29.7 Å². The van der Waals surface area contributed by atoms with Gasteiger partial charge in [0.1, 0.15) is 12.3 Å². The number of piperidine rings is 2. The van der Waals surface area contributed by atoms with E-state index in [1.54, 1.807) is 29.2 Å². The van der Waals surface area contributed by atoms with Crippen molar-refractivity contribution in [1.82, 2.24) is 15.1 Å². The average molecular weight is 463 g/mol. The van der Waals surface area contributed by atoms with E-state index >= 15 is 0 Å². The van der Waals surface area contributed by atoms with Crippen LogP contribution in [0.4, 0.5) is 5.69 Å². The quantitative estimate of drug-likeness (QED) is 0.411. The third kappa shape index (κ3) is 5.17. The predicted molar refractivity (Wildman–Crippen MR) is 128 cm³/mol. The monoisotopic (exact) mass is 462 g/mol. The standard InChI is InChI=1S/C19H23N3O3.C7H7NO/c1-21-8-6-12(7-9-21)13-2-3-15-14(10-13)11-22(19(15)25)16-4-5-17(23)20-18(16)24;8-7-3-1-6(5-9)2-4-7/h2-3,10,12,16H,4-9,11H2,1H3,(H,20,23,24);1-5H,8H2. The van der Waals surface area contributed by atoms with Gasteiger partial charge in [0, 0.05) is 29.8 Å². The van der Waals surface area contributed by atoms with Crippen molar-refractivity contribution in [1.29, 1.82) is 0 Å². The number of carbonyl (C=O) groups excluding carboxylic acids is 4. The molecule has 178 valence electrons. The number of nitrogens with one attached hydrogen (secondary N) is 1. The molecule has 8 nitrogen and oxygen atoms in total. The third-order valence-corrected chi connectivity index (χ3v) is 6.81. The molecule has 2 saturated heterocycles. The van der Waals surface area contributed by atoms with Crippen LogP contribution >= 0.6 is 0 Å². The van der Waals surface area contributed by atoms with Crippen molar-refractivity contribution < 1.29 is 19.2 Å². The van der Waals surface area contributed by atoms with E-state index in [9.17, 15) is 19.2 Å². The third-order valence-electron chi connectivity index (χ3n) is 6.81. The zero-order valence-corrected chi connectivity index (χ0v) is 19.3. The van der Waals surface area contributed by atoms with Gasteiger partial charge in [-0.15, -0.1) is 0 Å². The van der Waals surface area contributed by atoms with Crippen molar-refractivity contribution in [3.8, 4) is 0 Å². The van der Waals surface area contributed by atoms with E-state index in [4.69, 9.17) is 5.73 Å². The summed E-state index contributed by atoms with van der Waals surface area (Å²) in [6.45, 7) is 2.66. The molecule has 34 heavy (non-hydrogen) atoms. The lowest BCUT2D eigenvalue weighted by molar-refractivity contribution is -0.136. The van der Waals surface area contributed by atoms with Gasteiger partial charge in [-0.05, 0) is 86.8 Å². The zero-order valence-electron chi connectivity index (χ0n) is 19.3. The smallest absolute Gasteiger partial charge is 0.255 e. The first-order valence-corrected chi connectivity index (χ1v) is 11.6. The summed E-state index contributed by atoms with van der Waals surface area (Å²) in [6, 6.07) is 12.4. The van der Waals surface area contributed by atoms with E-state index < -0.39 is 6.04 Å². The van der Waals surface area contributed by atoms with Crippen LogP contribution in [0.2, 0.25) is 0 Å². The van der Waals surface area contributed by atoms with Gasteiger partial charge in [0.15, 0.2) is 0 Å². The second-order valence-electron chi connectivity index (χ2n) is 9.18. The van der Waals surface area contributed by atoms with Crippen molar-refractivity contribution in [2.24, 2.45) is 0 Å². The van der Waals surface area contributed by atoms with Crippen LogP contribution in [0.15, 0.2) is 42.5 Å². The molecule has 0 aliphatic carbocycles. The maximum atomic E-state index is 12.7. The van der Waals surface area contributed by atoms with Crippen molar-refractivity contribution in [2.45, 2.75) is 44.2 Å². The highest BCUT2D eigenvalue weighted by molar-refractivity contribution is 6.05. The van der Waals surface area contributed by atoms with Gasteiger partial charge >= 0.3 is 0 Å². The van der Waals surface area contributed by atoms with Crippen LogP contribution in [0.3, 0.4) is 0 Å². The summed E-state index contributed by atoms with van der Waals surface area (Å²) in [5.74, 6) is -0.163. The number of imide groups is 1. The Kier molecular flexibility index (Phi) is 7.07. The second-order valence-corrected chi connectivity index (χ2v) is 9.18. The van der Waals surface area contributed by atoms with E-state index in [1.807, 2.05) is 6.07 Å². The molecule has 8 heteroatoms. The first kappa shape index (κ1) is 23.6. The number of anilines is 1. The van der Waals surface area contributed by atoms with Crippen LogP contribution in [0.5, 0.6) is 0 Å². The molecule has 0 saturated carbocycles. The lowest BCUT2D eigenvalue weighted by Gasteiger charge is -2.29. The molecular formula is C26H30N4O4. The van der Waals surface area contributed by atoms with Crippen LogP contribution in [0.25, 0.3) is 0 Å². The molecule has 3 aliphatic heterocycles. The van der Waals surface area contributed by atoms with Gasteiger partial charge in [-0.1, -0.05) is 12.1 Å². The summed E-state index contributed by atoms with van der Waals surface area (Å²) in [5, 5.41) is 2.34. The van der Waals surface area contributed by atoms with Crippen molar-refractivity contribution in [2.75, 3.05) is 25.9 Å². The maximum Gasteiger partial charge on any atom is 0.255 e. The maximum absolute atomic E-state index is 12.7. The van der Waals surface area contributed by atoms with E-state index in [2.05, 4.69) is 29.4 Å². The molecule has 1 unspecified atom stereocenters. The fraction of sp³-hybridized carbons (Fsp3) is 0.385. The molecular weight excluding hydrogens is 432 g/mol. The molecule has 0 bridgehead atoms. The SMILES string of the molecule is CN1CCC(c2ccc3c(c2)CN(C2CCC(=O)NC2=O)C3=O)CC1.Nc1ccc(C=O)cc1. The van der Waals surface area contributed by atoms with Crippen LogP contribution in [0, 0.1) is 0 Å². The normalized spacial score (nSPS) is 20.9. The molecule has 5 rings (SSSR count). The minimum atomic E-state index is -0.538. The number of fused-ring (bicyclic) bond motifs is 1. The first-order valence-electron chi connectivity index (χ1n) is 11.6. The van der Waals surface area contributed by atoms with Gasteiger partial charge in [-0.25, -0.2) is 0 Å². The van der Waals surface area contributed by atoms with E-state index in [1.165, 1.54) is 5.56 Å². The number of carbonyl (C=O) groups is 4. The predicted octanol–water partition coefficient (Wildman–Crippen LogP) is 2.34. The van der Waals surface area contributed by atoms with Crippen LogP contribution < -0.4 is 11.1 Å². The summed E-state index contributed by atoms with van der Waals surface area (Å²) < 4.78 is 0. The van der Waals surface area contributed by atoms with Gasteiger partial charge in [0.2, 0.25) is 11.8 Å². The van der Waals surface area contributed by atoms with Crippen molar-refractivity contribution in [3.05, 3.63) is 64.7 Å². The highest BCUT2D eigenvalue weighted by Crippen LogP contribution is 2.33. The molecule has 1 atom stereocenters. The van der Waals surface area contributed by atoms with Gasteiger partial charge in [0.05, 0.1) is 0 Å². The number of nitrogens with two attached hydrogens (primary N) is 1. The van der Waals surface area contributed by atoms with Crippen LogP contribution in [0.1, 0.15) is 63.4 Å². The number of amides is 3.